The number of nitrogens with zero attached hydrogens (tertiary/aromatic N) is 12. The van der Waals surface area contributed by atoms with Gasteiger partial charge in [0.2, 0.25) is 0 Å². The number of hydrogen-bond acceptors (Lipinski definition) is 10. The van der Waals surface area contributed by atoms with Crippen molar-refractivity contribution < 1.29 is 0 Å². The summed E-state index contributed by atoms with van der Waals surface area (Å²) in [7, 11) is 0. The van der Waals surface area contributed by atoms with Crippen molar-refractivity contribution in [1.29, 1.82) is 0 Å². The minimum Gasteiger partial charge on any atom is -0.301 e. The molecular formula is C74H71ClN12O3S. The van der Waals surface area contributed by atoms with Crippen LogP contribution in [0.25, 0.3) is 92.6 Å². The molecule has 0 N–H and O–H groups in total. The Morgan fingerprint density at radius 3 is 1.15 bits per heavy atom. The lowest BCUT2D eigenvalue weighted by Gasteiger charge is -2.14. The Morgan fingerprint density at radius 2 is 0.736 bits per heavy atom. The van der Waals surface area contributed by atoms with Gasteiger partial charge in [0.25, 0.3) is 16.7 Å². The molecule has 3 aliphatic heterocycles. The van der Waals surface area contributed by atoms with Gasteiger partial charge >= 0.3 is 0 Å². The van der Waals surface area contributed by atoms with Crippen LogP contribution in [0.1, 0.15) is 38.5 Å². The molecule has 10 heterocycles. The predicted molar refractivity (Wildman–Crippen MR) is 370 cm³/mol. The van der Waals surface area contributed by atoms with Crippen molar-refractivity contribution in [3.63, 3.8) is 0 Å². The summed E-state index contributed by atoms with van der Waals surface area (Å²) >= 11 is 7.68. The summed E-state index contributed by atoms with van der Waals surface area (Å²) in [6, 6.07) is 57.3. The predicted octanol–water partition coefficient (Wildman–Crippen LogP) is 13.7. The normalized spacial score (nSPS) is 14.6. The van der Waals surface area contributed by atoms with Gasteiger partial charge in [-0.3, -0.25) is 42.1 Å². The number of fused-ring (bicyclic) bond motifs is 4. The second kappa shape index (κ2) is 27.0. The van der Waals surface area contributed by atoms with Gasteiger partial charge < -0.3 is 14.7 Å². The number of likely N-dealkylation sites (tertiary alicyclic amines) is 3. The van der Waals surface area contributed by atoms with Crippen LogP contribution < -0.4 is 16.7 Å². The van der Waals surface area contributed by atoms with Crippen molar-refractivity contribution >= 4 is 65.7 Å². The standard InChI is InChI=1S/C26H24N4OS.C24H23ClN4O.C24H24N4O/c31-26-17-20(25-16-19-5-1-2-6-24(19)32-25)9-12-29(26)22-7-8-23-21(15-22)18-27-30(23)14-13-28-10-3-4-11-28;25-21-5-3-18(4-6-21)19-9-12-28(24(30)16-19)22-7-8-23-20(15-22)17-26-29(23)14-13-27-10-1-2-11-27;29-24-17-20(19-6-2-1-3-7-19)10-13-27(24)22-8-9-23-21(16-22)18-25-28(23)15-14-26-11-4-5-12-26/h1-2,5-9,12,15-18H,3-4,10-11,13-14H2;3-9,12,15-17H,1-2,10-11,13-14H2;1-3,6-10,13,16-18H,4-5,11-12,14-15H2. The number of aromatic nitrogens is 9. The van der Waals surface area contributed by atoms with Crippen molar-refractivity contribution in [1.82, 2.24) is 57.7 Å². The first-order valence-electron chi connectivity index (χ1n) is 31.7. The minimum atomic E-state index is -0.0665. The lowest BCUT2D eigenvalue weighted by molar-refractivity contribution is 0.318. The molecule has 13 aromatic rings. The molecule has 0 unspecified atom stereocenters. The van der Waals surface area contributed by atoms with Crippen LogP contribution in [0.3, 0.4) is 0 Å². The zero-order chi connectivity index (χ0) is 61.6. The molecule has 3 aliphatic rings. The first kappa shape index (κ1) is 59.3. The molecule has 15 nitrogen and oxygen atoms in total. The first-order valence-corrected chi connectivity index (χ1v) is 32.9. The summed E-state index contributed by atoms with van der Waals surface area (Å²) in [5.41, 5.74) is 10.6. The zero-order valence-electron chi connectivity index (χ0n) is 50.8. The van der Waals surface area contributed by atoms with Gasteiger partial charge in [-0.15, -0.1) is 11.3 Å². The molecule has 0 radical (unpaired) electrons. The highest BCUT2D eigenvalue weighted by atomic mass is 35.5. The van der Waals surface area contributed by atoms with Crippen LogP contribution in [-0.2, 0) is 19.6 Å². The Kier molecular flexibility index (Phi) is 17.6. The second-order valence-corrected chi connectivity index (χ2v) is 25.4. The van der Waals surface area contributed by atoms with Gasteiger partial charge in [0.15, 0.2) is 0 Å². The summed E-state index contributed by atoms with van der Waals surface area (Å²) in [5, 5.41) is 18.8. The van der Waals surface area contributed by atoms with Gasteiger partial charge in [0.1, 0.15) is 0 Å². The van der Waals surface area contributed by atoms with Crippen LogP contribution in [0, 0.1) is 0 Å². The van der Waals surface area contributed by atoms with Gasteiger partial charge in [-0.2, -0.15) is 15.3 Å². The number of hydrogen-bond donors (Lipinski definition) is 0. The van der Waals surface area contributed by atoms with E-state index in [4.69, 9.17) is 11.6 Å². The van der Waals surface area contributed by atoms with E-state index in [0.29, 0.717) is 5.02 Å². The van der Waals surface area contributed by atoms with Gasteiger partial charge in [0.05, 0.1) is 54.8 Å². The first-order chi connectivity index (χ1) is 44.7. The molecule has 458 valence electrons. The molecule has 0 spiro atoms. The summed E-state index contributed by atoms with van der Waals surface area (Å²) in [6.45, 7) is 13.0. The molecular weight excluding hydrogens is 1170 g/mol. The van der Waals surface area contributed by atoms with E-state index in [2.05, 4.69) is 86.5 Å². The number of pyridine rings is 3. The highest BCUT2D eigenvalue weighted by Gasteiger charge is 2.17. The van der Waals surface area contributed by atoms with Gasteiger partial charge in [-0.1, -0.05) is 72.3 Å². The van der Waals surface area contributed by atoms with E-state index in [-0.39, 0.29) is 16.7 Å². The van der Waals surface area contributed by atoms with Crippen LogP contribution in [0.15, 0.2) is 227 Å². The highest BCUT2D eigenvalue weighted by molar-refractivity contribution is 7.22. The maximum atomic E-state index is 13.0. The molecule has 7 aromatic heterocycles. The van der Waals surface area contributed by atoms with E-state index in [0.717, 1.165) is 122 Å². The molecule has 0 saturated carbocycles. The molecule has 0 amide bonds. The number of benzene rings is 6. The summed E-state index contributed by atoms with van der Waals surface area (Å²) in [5.74, 6) is 0. The Hall–Kier alpha value is -9.29. The van der Waals surface area contributed by atoms with E-state index in [1.54, 1.807) is 43.2 Å². The van der Waals surface area contributed by atoms with Crippen molar-refractivity contribution in [3.8, 4) is 49.8 Å². The number of rotatable bonds is 15. The van der Waals surface area contributed by atoms with Crippen LogP contribution in [0.4, 0.5) is 0 Å². The lowest BCUT2D eigenvalue weighted by atomic mass is 10.1. The second-order valence-electron chi connectivity index (χ2n) is 23.9. The maximum absolute atomic E-state index is 13.0. The molecule has 0 atom stereocenters. The van der Waals surface area contributed by atoms with Crippen LogP contribution in [-0.4, -0.2) is 117 Å². The van der Waals surface area contributed by atoms with Crippen molar-refractivity contribution in [3.05, 3.63) is 249 Å². The Balaban J connectivity index is 0.000000119. The smallest absolute Gasteiger partial charge is 0.255 e. The van der Waals surface area contributed by atoms with Gasteiger partial charge in [-0.25, -0.2) is 0 Å². The maximum Gasteiger partial charge on any atom is 0.255 e. The van der Waals surface area contributed by atoms with E-state index < -0.39 is 0 Å². The van der Waals surface area contributed by atoms with E-state index >= 15 is 0 Å². The fourth-order valence-corrected chi connectivity index (χ4v) is 14.1. The number of halogens is 1. The van der Waals surface area contributed by atoms with E-state index in [1.165, 1.54) is 87.9 Å². The van der Waals surface area contributed by atoms with Crippen molar-refractivity contribution in [2.75, 3.05) is 58.9 Å². The van der Waals surface area contributed by atoms with E-state index in [1.807, 2.05) is 152 Å². The van der Waals surface area contributed by atoms with Crippen molar-refractivity contribution in [2.45, 2.75) is 58.2 Å². The Bertz CT molecular complexity index is 4840. The number of thiophene rings is 1. The molecule has 6 aromatic carbocycles. The average molecular weight is 1240 g/mol. The molecule has 16 rings (SSSR count). The molecule has 0 aliphatic carbocycles. The third-order valence-electron chi connectivity index (χ3n) is 17.9. The quantitative estimate of drug-likeness (QED) is 0.0985. The molecule has 3 saturated heterocycles. The third-order valence-corrected chi connectivity index (χ3v) is 19.4. The van der Waals surface area contributed by atoms with Gasteiger partial charge in [0, 0.05) is 104 Å². The SMILES string of the molecule is O=c1cc(-c2cc3ccccc3s2)ccn1-c1ccc2c(cnn2CCN2CCCC2)c1.O=c1cc(-c2ccc(Cl)cc2)ccn1-c1ccc2c(cnn2CCN2CCCC2)c1.O=c1cc(-c2ccccc2)ccn1-c1ccc2c(cnn2CCN2CCCC2)c1. The molecule has 0 bridgehead atoms. The van der Waals surface area contributed by atoms with Crippen molar-refractivity contribution in [2.24, 2.45) is 0 Å². The highest BCUT2D eigenvalue weighted by Crippen LogP contribution is 2.33. The largest absolute Gasteiger partial charge is 0.301 e. The molecule has 91 heavy (non-hydrogen) atoms. The fraction of sp³-hybridized carbons (Fsp3) is 0.243. The zero-order valence-corrected chi connectivity index (χ0v) is 52.4. The third kappa shape index (κ3) is 13.5. The van der Waals surface area contributed by atoms with Crippen LogP contribution >= 0.6 is 22.9 Å². The summed E-state index contributed by atoms with van der Waals surface area (Å²) in [6.07, 6.45) is 19.1. The van der Waals surface area contributed by atoms with E-state index in [9.17, 15) is 14.4 Å². The Morgan fingerprint density at radius 1 is 0.352 bits per heavy atom. The topological polar surface area (TPSA) is 129 Å². The average Bonchev–Trinajstić information content (AvgIpc) is 4.02. The molecule has 3 fully saturated rings. The summed E-state index contributed by atoms with van der Waals surface area (Å²) < 4.78 is 12.5. The fourth-order valence-electron chi connectivity index (χ4n) is 12.9. The monoisotopic (exact) mass is 1240 g/mol. The lowest BCUT2D eigenvalue weighted by Crippen LogP contribution is -2.24. The van der Waals surface area contributed by atoms with Crippen LogP contribution in [0.2, 0.25) is 5.02 Å². The Labute approximate surface area is 536 Å². The molecule has 17 heteroatoms. The summed E-state index contributed by atoms with van der Waals surface area (Å²) in [4.78, 5) is 47.1. The van der Waals surface area contributed by atoms with Gasteiger partial charge in [-0.05, 0) is 208 Å². The minimum absolute atomic E-state index is 0.0271. The van der Waals surface area contributed by atoms with Crippen LogP contribution in [0.5, 0.6) is 0 Å².